The molecule has 0 atom stereocenters. The van der Waals surface area contributed by atoms with Gasteiger partial charge >= 0.3 is 12.4 Å². The van der Waals surface area contributed by atoms with Gasteiger partial charge < -0.3 is 0 Å². The van der Waals surface area contributed by atoms with Crippen LogP contribution >= 0.6 is 34.8 Å². The molecule has 0 aliphatic heterocycles. The summed E-state index contributed by atoms with van der Waals surface area (Å²) in [6.45, 7) is 0. The highest BCUT2D eigenvalue weighted by atomic mass is 35.5. The minimum Gasteiger partial charge on any atom is -0.278 e. The van der Waals surface area contributed by atoms with Crippen LogP contribution in [0, 0.1) is 0 Å². The summed E-state index contributed by atoms with van der Waals surface area (Å²) in [5.41, 5.74) is -3.51. The summed E-state index contributed by atoms with van der Waals surface area (Å²) in [6.07, 6.45) is -9.85. The summed E-state index contributed by atoms with van der Waals surface area (Å²) < 4.78 is 104. The number of nitrogens with one attached hydrogen (secondary N) is 1. The van der Waals surface area contributed by atoms with Crippen LogP contribution in [-0.4, -0.2) is 8.42 Å². The molecule has 0 saturated carbocycles. The van der Waals surface area contributed by atoms with Crippen LogP contribution in [0.3, 0.4) is 0 Å². The van der Waals surface area contributed by atoms with Crippen LogP contribution in [0.2, 0.25) is 15.1 Å². The van der Waals surface area contributed by atoms with Crippen LogP contribution in [0.5, 0.6) is 0 Å². The molecule has 1 N–H and O–H groups in total. The van der Waals surface area contributed by atoms with Gasteiger partial charge in [0.15, 0.2) is 0 Å². The maximum Gasteiger partial charge on any atom is 0.417 e. The van der Waals surface area contributed by atoms with Crippen molar-refractivity contribution in [1.82, 2.24) is 0 Å². The van der Waals surface area contributed by atoms with Crippen molar-refractivity contribution >= 4 is 50.5 Å². The minimum absolute atomic E-state index is 0.249. The molecule has 0 aromatic heterocycles. The van der Waals surface area contributed by atoms with E-state index in [4.69, 9.17) is 34.8 Å². The first-order valence-corrected chi connectivity index (χ1v) is 9.20. The summed E-state index contributed by atoms with van der Waals surface area (Å²) in [5.74, 6) is 0. The molecule has 0 fully saturated rings. The lowest BCUT2D eigenvalue weighted by molar-refractivity contribution is -0.138. The highest BCUT2D eigenvalue weighted by Gasteiger charge is 2.36. The van der Waals surface area contributed by atoms with Gasteiger partial charge in [-0.1, -0.05) is 34.8 Å². The van der Waals surface area contributed by atoms with E-state index in [9.17, 15) is 34.8 Å². The molecule has 0 spiro atoms. The molecule has 0 bridgehead atoms. The number of hydrogen-bond donors (Lipinski definition) is 1. The molecule has 3 nitrogen and oxygen atoms in total. The van der Waals surface area contributed by atoms with Gasteiger partial charge in [-0.25, -0.2) is 8.42 Å². The molecule has 0 aliphatic carbocycles. The zero-order valence-corrected chi connectivity index (χ0v) is 15.6. The van der Waals surface area contributed by atoms with E-state index in [1.807, 2.05) is 0 Å². The van der Waals surface area contributed by atoms with Crippen LogP contribution in [0.15, 0.2) is 35.2 Å². The Kier molecular flexibility index (Phi) is 5.87. The quantitative estimate of drug-likeness (QED) is 0.519. The molecule has 148 valence electrons. The summed E-state index contributed by atoms with van der Waals surface area (Å²) in [5, 5.41) is -2.01. The van der Waals surface area contributed by atoms with E-state index in [0.717, 1.165) is 6.07 Å². The van der Waals surface area contributed by atoms with E-state index in [1.54, 1.807) is 4.72 Å². The number of anilines is 1. The lowest BCUT2D eigenvalue weighted by Crippen LogP contribution is -2.16. The molecule has 13 heteroatoms. The van der Waals surface area contributed by atoms with Crippen LogP contribution in [0.4, 0.5) is 32.0 Å². The molecule has 2 rings (SSSR count). The van der Waals surface area contributed by atoms with Crippen molar-refractivity contribution in [1.29, 1.82) is 0 Å². The van der Waals surface area contributed by atoms with Crippen molar-refractivity contribution in [3.05, 3.63) is 56.5 Å². The van der Waals surface area contributed by atoms with E-state index in [2.05, 4.69) is 0 Å². The molecule has 27 heavy (non-hydrogen) atoms. The summed E-state index contributed by atoms with van der Waals surface area (Å²) in [7, 11) is -4.71. The Bertz CT molecular complexity index is 990. The SMILES string of the molecule is O=S(=O)(Nc1cc(C(F)(F)F)c(Cl)cc1Cl)c1ccc(Cl)c(C(F)(F)F)c1. The van der Waals surface area contributed by atoms with Crippen molar-refractivity contribution in [2.24, 2.45) is 0 Å². The lowest BCUT2D eigenvalue weighted by Gasteiger charge is -2.15. The Balaban J connectivity index is 2.52. The number of hydrogen-bond acceptors (Lipinski definition) is 2. The Morgan fingerprint density at radius 3 is 1.78 bits per heavy atom. The first kappa shape index (κ1) is 21.9. The molecule has 0 heterocycles. The zero-order chi connectivity index (χ0) is 20.8. The van der Waals surface area contributed by atoms with Crippen molar-refractivity contribution in [3.63, 3.8) is 0 Å². The third kappa shape index (κ3) is 4.92. The predicted molar refractivity (Wildman–Crippen MR) is 88.7 cm³/mol. The fourth-order valence-electron chi connectivity index (χ4n) is 1.94. The molecule has 2 aromatic rings. The molecule has 0 amide bonds. The van der Waals surface area contributed by atoms with Gasteiger partial charge in [-0.2, -0.15) is 26.3 Å². The maximum atomic E-state index is 12.9. The van der Waals surface area contributed by atoms with Gasteiger partial charge in [0.1, 0.15) is 0 Å². The van der Waals surface area contributed by atoms with E-state index >= 15 is 0 Å². The van der Waals surface area contributed by atoms with Crippen LogP contribution in [0.1, 0.15) is 11.1 Å². The van der Waals surface area contributed by atoms with Crippen LogP contribution in [-0.2, 0) is 22.4 Å². The summed E-state index contributed by atoms with van der Waals surface area (Å²) >= 11 is 16.5. The first-order chi connectivity index (χ1) is 12.1. The number of halogens is 9. The van der Waals surface area contributed by atoms with Gasteiger partial charge in [0.2, 0.25) is 0 Å². The molecule has 0 aliphatic rings. The largest absolute Gasteiger partial charge is 0.417 e. The second kappa shape index (κ2) is 7.23. The van der Waals surface area contributed by atoms with Crippen LogP contribution in [0.25, 0.3) is 0 Å². The highest BCUT2D eigenvalue weighted by molar-refractivity contribution is 7.92. The fourth-order valence-corrected chi connectivity index (χ4v) is 3.85. The predicted octanol–water partition coefficient (Wildman–Crippen LogP) is 6.49. The summed E-state index contributed by atoms with van der Waals surface area (Å²) in [4.78, 5) is -0.876. The third-order valence-electron chi connectivity index (χ3n) is 3.16. The Hall–Kier alpha value is -1.36. The minimum atomic E-state index is -4.94. The molecule has 0 saturated heterocycles. The zero-order valence-electron chi connectivity index (χ0n) is 12.5. The lowest BCUT2D eigenvalue weighted by atomic mass is 10.2. The van der Waals surface area contributed by atoms with Gasteiger partial charge in [0.25, 0.3) is 10.0 Å². The van der Waals surface area contributed by atoms with Crippen LogP contribution < -0.4 is 4.72 Å². The van der Waals surface area contributed by atoms with Gasteiger partial charge in [-0.05, 0) is 30.3 Å². The molecular weight excluding hydrogens is 467 g/mol. The standard InChI is InChI=1S/C14H6Cl3F6NO2S/c15-9-2-1-6(3-7(9)13(18,19)20)27(25,26)24-12-4-8(14(21,22)23)10(16)5-11(12)17/h1-5,24H. The van der Waals surface area contributed by atoms with Gasteiger partial charge in [-0.15, -0.1) is 0 Å². The Labute approximate surface area is 163 Å². The molecule has 2 aromatic carbocycles. The van der Waals surface area contributed by atoms with Crippen molar-refractivity contribution < 1.29 is 34.8 Å². The topological polar surface area (TPSA) is 46.2 Å². The number of alkyl halides is 6. The smallest absolute Gasteiger partial charge is 0.278 e. The second-order valence-electron chi connectivity index (χ2n) is 5.05. The Morgan fingerprint density at radius 1 is 0.741 bits per heavy atom. The maximum absolute atomic E-state index is 12.9. The second-order valence-corrected chi connectivity index (χ2v) is 7.96. The number of sulfonamides is 1. The number of rotatable bonds is 3. The monoisotopic (exact) mass is 471 g/mol. The Morgan fingerprint density at radius 2 is 1.26 bits per heavy atom. The van der Waals surface area contributed by atoms with E-state index in [-0.39, 0.29) is 6.07 Å². The van der Waals surface area contributed by atoms with Crippen molar-refractivity contribution in [2.75, 3.05) is 4.72 Å². The normalized spacial score (nSPS) is 12.9. The summed E-state index contributed by atoms with van der Waals surface area (Å²) in [6, 6.07) is 2.70. The van der Waals surface area contributed by atoms with Gasteiger partial charge in [0.05, 0.1) is 36.8 Å². The first-order valence-electron chi connectivity index (χ1n) is 6.59. The highest BCUT2D eigenvalue weighted by Crippen LogP contribution is 2.40. The fraction of sp³-hybridized carbons (Fsp3) is 0.143. The van der Waals surface area contributed by atoms with Crippen molar-refractivity contribution in [2.45, 2.75) is 17.2 Å². The van der Waals surface area contributed by atoms with Gasteiger partial charge in [0, 0.05) is 0 Å². The van der Waals surface area contributed by atoms with Gasteiger partial charge in [-0.3, -0.25) is 4.72 Å². The molecule has 0 radical (unpaired) electrons. The van der Waals surface area contributed by atoms with E-state index in [0.29, 0.717) is 18.2 Å². The molecule has 0 unspecified atom stereocenters. The van der Waals surface area contributed by atoms with Crippen molar-refractivity contribution in [3.8, 4) is 0 Å². The van der Waals surface area contributed by atoms with E-state index < -0.39 is 59.2 Å². The molecular formula is C14H6Cl3F6NO2S. The average molecular weight is 473 g/mol. The van der Waals surface area contributed by atoms with E-state index in [1.165, 1.54) is 0 Å². The number of benzene rings is 2. The third-order valence-corrected chi connectivity index (χ3v) is 5.48. The average Bonchev–Trinajstić information content (AvgIpc) is 2.47.